The summed E-state index contributed by atoms with van der Waals surface area (Å²) in [5, 5.41) is 9.03. The van der Waals surface area contributed by atoms with Crippen molar-refractivity contribution < 1.29 is 5.11 Å². The van der Waals surface area contributed by atoms with Crippen LogP contribution in [0.2, 0.25) is 0 Å². The van der Waals surface area contributed by atoms with Gasteiger partial charge < -0.3 is 5.11 Å². The number of aliphatic hydroxyl groups excluding tert-OH is 1. The smallest absolute Gasteiger partial charge is 0.0493 e. The van der Waals surface area contributed by atoms with Crippen LogP contribution in [-0.4, -0.2) is 11.7 Å². The van der Waals surface area contributed by atoms with Gasteiger partial charge >= 0.3 is 0 Å². The zero-order chi connectivity index (χ0) is 9.14. The molecule has 0 saturated heterocycles. The summed E-state index contributed by atoms with van der Waals surface area (Å²) in [6.07, 6.45) is 4.82. The van der Waals surface area contributed by atoms with Crippen molar-refractivity contribution in [3.8, 4) is 0 Å². The van der Waals surface area contributed by atoms with Crippen molar-refractivity contribution in [1.82, 2.24) is 0 Å². The first-order valence-electron chi connectivity index (χ1n) is 4.96. The van der Waals surface area contributed by atoms with E-state index in [1.165, 1.54) is 18.4 Å². The molecule has 1 nitrogen and oxygen atoms in total. The number of hydrogen-bond donors (Lipinski definition) is 1. The standard InChI is InChI=1S/C11H20O/c1-8-4-5-11(9(2)6-8)10(3)7-12/h5,8-10,12H,4,6-7H2,1-3H3/t8-,9+,10+/m0/s1. The highest BCUT2D eigenvalue weighted by Crippen LogP contribution is 2.32. The fourth-order valence-corrected chi connectivity index (χ4v) is 2.17. The van der Waals surface area contributed by atoms with Gasteiger partial charge in [-0.2, -0.15) is 0 Å². The van der Waals surface area contributed by atoms with Gasteiger partial charge in [0.25, 0.3) is 0 Å². The van der Waals surface area contributed by atoms with Crippen molar-refractivity contribution in [1.29, 1.82) is 0 Å². The minimum absolute atomic E-state index is 0.296. The highest BCUT2D eigenvalue weighted by atomic mass is 16.3. The summed E-state index contributed by atoms with van der Waals surface area (Å²) in [6.45, 7) is 6.98. The summed E-state index contributed by atoms with van der Waals surface area (Å²) in [5.74, 6) is 1.87. The fraction of sp³-hybridized carbons (Fsp3) is 0.818. The minimum atomic E-state index is 0.296. The normalized spacial score (nSPS) is 32.8. The van der Waals surface area contributed by atoms with Gasteiger partial charge in [-0.05, 0) is 24.7 Å². The average Bonchev–Trinajstić information content (AvgIpc) is 2.03. The van der Waals surface area contributed by atoms with E-state index in [1.807, 2.05) is 0 Å². The van der Waals surface area contributed by atoms with Gasteiger partial charge in [0.05, 0.1) is 0 Å². The average molecular weight is 168 g/mol. The Kier molecular flexibility index (Phi) is 3.33. The molecule has 0 aromatic heterocycles. The maximum atomic E-state index is 9.03. The molecule has 0 bridgehead atoms. The summed E-state index contributed by atoms with van der Waals surface area (Å²) in [5.41, 5.74) is 1.47. The molecule has 1 rings (SSSR count). The lowest BCUT2D eigenvalue weighted by Crippen LogP contribution is -2.18. The lowest BCUT2D eigenvalue weighted by molar-refractivity contribution is 0.241. The second kappa shape index (κ2) is 4.08. The predicted molar refractivity (Wildman–Crippen MR) is 51.9 cm³/mol. The third kappa shape index (κ3) is 2.10. The zero-order valence-corrected chi connectivity index (χ0v) is 8.38. The molecule has 0 aromatic carbocycles. The Morgan fingerprint density at radius 3 is 2.75 bits per heavy atom. The first-order chi connectivity index (χ1) is 5.65. The molecule has 0 amide bonds. The Hall–Kier alpha value is -0.300. The van der Waals surface area contributed by atoms with Crippen LogP contribution in [0, 0.1) is 17.8 Å². The van der Waals surface area contributed by atoms with Crippen LogP contribution >= 0.6 is 0 Å². The van der Waals surface area contributed by atoms with E-state index in [0.29, 0.717) is 18.4 Å². The SMILES string of the molecule is C[C@H]1CC=C([C@H](C)CO)[C@H](C)C1. The molecule has 12 heavy (non-hydrogen) atoms. The van der Waals surface area contributed by atoms with E-state index in [0.717, 1.165) is 5.92 Å². The Labute approximate surface area is 75.5 Å². The number of aliphatic hydroxyl groups is 1. The molecular weight excluding hydrogens is 148 g/mol. The Balaban J connectivity index is 2.63. The summed E-state index contributed by atoms with van der Waals surface area (Å²) >= 11 is 0. The highest BCUT2D eigenvalue weighted by Gasteiger charge is 2.21. The summed E-state index contributed by atoms with van der Waals surface area (Å²) < 4.78 is 0. The molecule has 1 aliphatic carbocycles. The van der Waals surface area contributed by atoms with Gasteiger partial charge in [0.15, 0.2) is 0 Å². The van der Waals surface area contributed by atoms with E-state index < -0.39 is 0 Å². The second-order valence-electron chi connectivity index (χ2n) is 4.27. The van der Waals surface area contributed by atoms with Crippen molar-refractivity contribution >= 4 is 0 Å². The molecule has 0 radical (unpaired) electrons. The van der Waals surface area contributed by atoms with Crippen molar-refractivity contribution in [2.45, 2.75) is 33.6 Å². The van der Waals surface area contributed by atoms with Gasteiger partial charge in [0, 0.05) is 12.5 Å². The van der Waals surface area contributed by atoms with Crippen molar-refractivity contribution in [3.63, 3.8) is 0 Å². The lowest BCUT2D eigenvalue weighted by atomic mass is 9.78. The topological polar surface area (TPSA) is 20.2 Å². The molecular formula is C11H20O. The minimum Gasteiger partial charge on any atom is -0.396 e. The van der Waals surface area contributed by atoms with Gasteiger partial charge in [-0.15, -0.1) is 0 Å². The molecule has 0 aliphatic heterocycles. The van der Waals surface area contributed by atoms with E-state index in [1.54, 1.807) is 0 Å². The van der Waals surface area contributed by atoms with Gasteiger partial charge in [-0.3, -0.25) is 0 Å². The van der Waals surface area contributed by atoms with Crippen LogP contribution in [-0.2, 0) is 0 Å². The maximum absolute atomic E-state index is 9.03. The van der Waals surface area contributed by atoms with Crippen molar-refractivity contribution in [2.75, 3.05) is 6.61 Å². The molecule has 0 aromatic rings. The zero-order valence-electron chi connectivity index (χ0n) is 8.38. The number of allylic oxidation sites excluding steroid dienone is 1. The van der Waals surface area contributed by atoms with Crippen LogP contribution in [0.4, 0.5) is 0 Å². The van der Waals surface area contributed by atoms with E-state index in [9.17, 15) is 0 Å². The first kappa shape index (κ1) is 9.79. The molecule has 0 saturated carbocycles. The third-order valence-corrected chi connectivity index (χ3v) is 2.92. The van der Waals surface area contributed by atoms with Gasteiger partial charge in [-0.1, -0.05) is 32.4 Å². The van der Waals surface area contributed by atoms with Crippen LogP contribution in [0.5, 0.6) is 0 Å². The monoisotopic (exact) mass is 168 g/mol. The Morgan fingerprint density at radius 2 is 2.25 bits per heavy atom. The molecule has 1 aliphatic rings. The lowest BCUT2D eigenvalue weighted by Gasteiger charge is -2.28. The molecule has 0 heterocycles. The Bertz CT molecular complexity index is 172. The van der Waals surface area contributed by atoms with E-state index >= 15 is 0 Å². The third-order valence-electron chi connectivity index (χ3n) is 2.92. The number of hydrogen-bond acceptors (Lipinski definition) is 1. The molecule has 3 atom stereocenters. The fourth-order valence-electron chi connectivity index (χ4n) is 2.17. The Morgan fingerprint density at radius 1 is 1.58 bits per heavy atom. The molecule has 1 heteroatoms. The second-order valence-corrected chi connectivity index (χ2v) is 4.27. The maximum Gasteiger partial charge on any atom is 0.0493 e. The van der Waals surface area contributed by atoms with Crippen molar-refractivity contribution in [3.05, 3.63) is 11.6 Å². The van der Waals surface area contributed by atoms with Crippen molar-refractivity contribution in [2.24, 2.45) is 17.8 Å². The highest BCUT2D eigenvalue weighted by molar-refractivity contribution is 5.12. The van der Waals surface area contributed by atoms with Gasteiger partial charge in [-0.25, -0.2) is 0 Å². The molecule has 0 unspecified atom stereocenters. The molecule has 0 spiro atoms. The van der Waals surface area contributed by atoms with Crippen LogP contribution in [0.3, 0.4) is 0 Å². The molecule has 0 fully saturated rings. The molecule has 70 valence electrons. The predicted octanol–water partition coefficient (Wildman–Crippen LogP) is 2.61. The van der Waals surface area contributed by atoms with Gasteiger partial charge in [0.1, 0.15) is 0 Å². The van der Waals surface area contributed by atoms with Crippen LogP contribution in [0.15, 0.2) is 11.6 Å². The van der Waals surface area contributed by atoms with Crippen LogP contribution in [0.1, 0.15) is 33.6 Å². The first-order valence-corrected chi connectivity index (χ1v) is 4.96. The van der Waals surface area contributed by atoms with Gasteiger partial charge in [0.2, 0.25) is 0 Å². The van der Waals surface area contributed by atoms with Crippen LogP contribution < -0.4 is 0 Å². The summed E-state index contributed by atoms with van der Waals surface area (Å²) in [7, 11) is 0. The van der Waals surface area contributed by atoms with Crippen LogP contribution in [0.25, 0.3) is 0 Å². The van der Waals surface area contributed by atoms with E-state index in [-0.39, 0.29) is 0 Å². The molecule has 1 N–H and O–H groups in total. The number of rotatable bonds is 2. The summed E-state index contributed by atoms with van der Waals surface area (Å²) in [6, 6.07) is 0. The van der Waals surface area contributed by atoms with E-state index in [2.05, 4.69) is 26.8 Å². The quantitative estimate of drug-likeness (QED) is 0.628. The largest absolute Gasteiger partial charge is 0.396 e. The van der Waals surface area contributed by atoms with E-state index in [4.69, 9.17) is 5.11 Å². The summed E-state index contributed by atoms with van der Waals surface area (Å²) in [4.78, 5) is 0.